The van der Waals surface area contributed by atoms with Crippen molar-refractivity contribution in [3.8, 4) is 17.1 Å². The van der Waals surface area contributed by atoms with Crippen molar-refractivity contribution in [3.05, 3.63) is 97.3 Å². The van der Waals surface area contributed by atoms with E-state index in [1.165, 1.54) is 0 Å². The summed E-state index contributed by atoms with van der Waals surface area (Å²) in [6.45, 7) is 0. The SMILES string of the molecule is c1ccc(Nc2cccc(-c3nccn3-c3ccccc3)c2)cc1. The second-order valence-corrected chi connectivity index (χ2v) is 5.53. The molecule has 0 bridgehead atoms. The molecule has 0 saturated carbocycles. The van der Waals surface area contributed by atoms with Gasteiger partial charge in [-0.05, 0) is 36.4 Å². The number of anilines is 2. The van der Waals surface area contributed by atoms with Gasteiger partial charge in [0.25, 0.3) is 0 Å². The molecule has 4 rings (SSSR count). The molecule has 3 heteroatoms. The van der Waals surface area contributed by atoms with E-state index in [-0.39, 0.29) is 0 Å². The normalized spacial score (nSPS) is 10.5. The first-order valence-electron chi connectivity index (χ1n) is 7.91. The highest BCUT2D eigenvalue weighted by molar-refractivity contribution is 5.68. The van der Waals surface area contributed by atoms with Crippen LogP contribution in [0.15, 0.2) is 97.3 Å². The van der Waals surface area contributed by atoms with E-state index in [1.54, 1.807) is 0 Å². The summed E-state index contributed by atoms with van der Waals surface area (Å²) in [5, 5.41) is 3.43. The predicted octanol–water partition coefficient (Wildman–Crippen LogP) is 5.28. The van der Waals surface area contributed by atoms with Crippen LogP contribution in [0.2, 0.25) is 0 Å². The molecule has 1 aromatic heterocycles. The van der Waals surface area contributed by atoms with E-state index in [2.05, 4.69) is 57.3 Å². The Morgan fingerprint density at radius 1 is 0.708 bits per heavy atom. The lowest BCUT2D eigenvalue weighted by molar-refractivity contribution is 1.07. The minimum Gasteiger partial charge on any atom is -0.356 e. The topological polar surface area (TPSA) is 29.9 Å². The standard InChI is InChI=1S/C21H17N3/c1-3-9-18(10-4-1)23-19-11-7-8-17(16-19)21-22-14-15-24(21)20-12-5-2-6-13-20/h1-16,23H. The fourth-order valence-corrected chi connectivity index (χ4v) is 2.74. The van der Waals surface area contributed by atoms with E-state index in [1.807, 2.05) is 54.9 Å². The Hall–Kier alpha value is -3.33. The minimum atomic E-state index is 0.929. The van der Waals surface area contributed by atoms with Crippen molar-refractivity contribution in [2.45, 2.75) is 0 Å². The fraction of sp³-hybridized carbons (Fsp3) is 0. The average Bonchev–Trinajstić information content (AvgIpc) is 3.13. The summed E-state index contributed by atoms with van der Waals surface area (Å²) in [6, 6.07) is 28.7. The van der Waals surface area contributed by atoms with Crippen LogP contribution in [0.3, 0.4) is 0 Å². The Morgan fingerprint density at radius 3 is 2.21 bits per heavy atom. The molecule has 0 aliphatic carbocycles. The summed E-state index contributed by atoms with van der Waals surface area (Å²) in [6.07, 6.45) is 3.82. The molecule has 0 radical (unpaired) electrons. The van der Waals surface area contributed by atoms with Crippen molar-refractivity contribution in [2.75, 3.05) is 5.32 Å². The van der Waals surface area contributed by atoms with Gasteiger partial charge in [-0.3, -0.25) is 4.57 Å². The van der Waals surface area contributed by atoms with E-state index in [4.69, 9.17) is 0 Å². The highest BCUT2D eigenvalue weighted by Crippen LogP contribution is 2.25. The maximum Gasteiger partial charge on any atom is 0.144 e. The highest BCUT2D eigenvalue weighted by Gasteiger charge is 2.08. The Labute approximate surface area is 141 Å². The van der Waals surface area contributed by atoms with Gasteiger partial charge in [0.15, 0.2) is 0 Å². The zero-order valence-electron chi connectivity index (χ0n) is 13.1. The minimum absolute atomic E-state index is 0.929. The van der Waals surface area contributed by atoms with E-state index in [9.17, 15) is 0 Å². The Kier molecular flexibility index (Phi) is 3.82. The summed E-state index contributed by atoms with van der Waals surface area (Å²) in [4.78, 5) is 4.55. The third kappa shape index (κ3) is 2.92. The van der Waals surface area contributed by atoms with Crippen LogP contribution in [0.5, 0.6) is 0 Å². The van der Waals surface area contributed by atoms with E-state index >= 15 is 0 Å². The molecular weight excluding hydrogens is 294 g/mol. The summed E-state index contributed by atoms with van der Waals surface area (Å²) in [7, 11) is 0. The van der Waals surface area contributed by atoms with Gasteiger partial charge < -0.3 is 5.32 Å². The zero-order chi connectivity index (χ0) is 16.2. The van der Waals surface area contributed by atoms with Crippen LogP contribution >= 0.6 is 0 Å². The number of aromatic nitrogens is 2. The van der Waals surface area contributed by atoms with Gasteiger partial charge >= 0.3 is 0 Å². The maximum atomic E-state index is 4.55. The van der Waals surface area contributed by atoms with Gasteiger partial charge in [-0.1, -0.05) is 48.5 Å². The number of hydrogen-bond acceptors (Lipinski definition) is 2. The summed E-state index contributed by atoms with van der Waals surface area (Å²) in [5.74, 6) is 0.929. The number of rotatable bonds is 4. The molecule has 0 saturated heterocycles. The molecule has 0 aliphatic rings. The van der Waals surface area contributed by atoms with Gasteiger partial charge in [0, 0.05) is 35.0 Å². The molecule has 0 aliphatic heterocycles. The van der Waals surface area contributed by atoms with Gasteiger partial charge in [0.1, 0.15) is 5.82 Å². The molecule has 116 valence electrons. The van der Waals surface area contributed by atoms with Crippen molar-refractivity contribution in [1.29, 1.82) is 0 Å². The fourth-order valence-electron chi connectivity index (χ4n) is 2.74. The lowest BCUT2D eigenvalue weighted by Crippen LogP contribution is -1.97. The second-order valence-electron chi connectivity index (χ2n) is 5.53. The first kappa shape index (κ1) is 14.3. The van der Waals surface area contributed by atoms with Gasteiger partial charge in [0.2, 0.25) is 0 Å². The van der Waals surface area contributed by atoms with Crippen molar-refractivity contribution in [1.82, 2.24) is 9.55 Å². The monoisotopic (exact) mass is 311 g/mol. The Balaban J connectivity index is 1.69. The van der Waals surface area contributed by atoms with Crippen molar-refractivity contribution >= 4 is 11.4 Å². The molecule has 1 N–H and O–H groups in total. The molecule has 0 spiro atoms. The predicted molar refractivity (Wildman–Crippen MR) is 98.7 cm³/mol. The largest absolute Gasteiger partial charge is 0.356 e. The molecular formula is C21H17N3. The zero-order valence-corrected chi connectivity index (χ0v) is 13.1. The van der Waals surface area contributed by atoms with Gasteiger partial charge in [-0.25, -0.2) is 4.98 Å². The average molecular weight is 311 g/mol. The number of nitrogens with one attached hydrogen (secondary N) is 1. The van der Waals surface area contributed by atoms with E-state index < -0.39 is 0 Å². The lowest BCUT2D eigenvalue weighted by Gasteiger charge is -2.10. The molecule has 0 amide bonds. The van der Waals surface area contributed by atoms with Crippen LogP contribution in [0.4, 0.5) is 11.4 Å². The van der Waals surface area contributed by atoms with Crippen LogP contribution in [0.1, 0.15) is 0 Å². The van der Waals surface area contributed by atoms with Gasteiger partial charge in [-0.15, -0.1) is 0 Å². The summed E-state index contributed by atoms with van der Waals surface area (Å²) >= 11 is 0. The molecule has 0 unspecified atom stereocenters. The molecule has 3 aromatic carbocycles. The second kappa shape index (κ2) is 6.42. The third-order valence-corrected chi connectivity index (χ3v) is 3.86. The summed E-state index contributed by atoms with van der Waals surface area (Å²) < 4.78 is 2.10. The first-order chi connectivity index (χ1) is 11.9. The van der Waals surface area contributed by atoms with Crippen LogP contribution in [-0.4, -0.2) is 9.55 Å². The maximum absolute atomic E-state index is 4.55. The lowest BCUT2D eigenvalue weighted by atomic mass is 10.1. The van der Waals surface area contributed by atoms with Gasteiger partial charge in [-0.2, -0.15) is 0 Å². The molecule has 0 fully saturated rings. The summed E-state index contributed by atoms with van der Waals surface area (Å²) in [5.41, 5.74) is 4.29. The van der Waals surface area contributed by atoms with E-state index in [0.717, 1.165) is 28.5 Å². The number of benzene rings is 3. The number of nitrogens with zero attached hydrogens (tertiary/aromatic N) is 2. The smallest absolute Gasteiger partial charge is 0.144 e. The molecule has 1 heterocycles. The number of para-hydroxylation sites is 2. The quantitative estimate of drug-likeness (QED) is 0.555. The first-order valence-corrected chi connectivity index (χ1v) is 7.91. The molecule has 24 heavy (non-hydrogen) atoms. The van der Waals surface area contributed by atoms with Crippen molar-refractivity contribution < 1.29 is 0 Å². The van der Waals surface area contributed by atoms with Gasteiger partial charge in [0.05, 0.1) is 0 Å². The van der Waals surface area contributed by atoms with Crippen LogP contribution in [0.25, 0.3) is 17.1 Å². The molecule has 0 atom stereocenters. The van der Waals surface area contributed by atoms with Crippen molar-refractivity contribution in [3.63, 3.8) is 0 Å². The molecule has 4 aromatic rings. The van der Waals surface area contributed by atoms with Crippen LogP contribution in [-0.2, 0) is 0 Å². The van der Waals surface area contributed by atoms with Crippen LogP contribution in [0, 0.1) is 0 Å². The highest BCUT2D eigenvalue weighted by atomic mass is 15.1. The van der Waals surface area contributed by atoms with Crippen molar-refractivity contribution in [2.24, 2.45) is 0 Å². The van der Waals surface area contributed by atoms with E-state index in [0.29, 0.717) is 0 Å². The molecule has 3 nitrogen and oxygen atoms in total. The Morgan fingerprint density at radius 2 is 1.42 bits per heavy atom. The number of hydrogen-bond donors (Lipinski definition) is 1. The third-order valence-electron chi connectivity index (χ3n) is 3.86. The Bertz CT molecular complexity index is 927. The number of imidazole rings is 1. The van der Waals surface area contributed by atoms with Crippen LogP contribution < -0.4 is 5.32 Å².